The molecule has 1 fully saturated rings. The Morgan fingerprint density at radius 3 is 2.82 bits per heavy atom. The molecule has 17 heavy (non-hydrogen) atoms. The molecule has 0 aliphatic carbocycles. The van der Waals surface area contributed by atoms with E-state index in [-0.39, 0.29) is 12.1 Å². The molecule has 1 heterocycles. The van der Waals surface area contributed by atoms with Crippen molar-refractivity contribution in [3.63, 3.8) is 0 Å². The van der Waals surface area contributed by atoms with Crippen LogP contribution in [0.15, 0.2) is 24.3 Å². The Labute approximate surface area is 102 Å². The molecule has 0 aromatic heterocycles. The Morgan fingerprint density at radius 1 is 1.41 bits per heavy atom. The second kappa shape index (κ2) is 5.49. The first-order valence-electron chi connectivity index (χ1n) is 5.93. The van der Waals surface area contributed by atoms with E-state index in [2.05, 4.69) is 16.3 Å². The average Bonchev–Trinajstić information content (AvgIpc) is 2.76. The van der Waals surface area contributed by atoms with Gasteiger partial charge in [0.1, 0.15) is 5.75 Å². The third-order valence-electron chi connectivity index (χ3n) is 3.33. The van der Waals surface area contributed by atoms with Gasteiger partial charge >= 0.3 is 0 Å². The minimum Gasteiger partial charge on any atom is -0.496 e. The van der Waals surface area contributed by atoms with Gasteiger partial charge in [0, 0.05) is 31.2 Å². The van der Waals surface area contributed by atoms with Gasteiger partial charge in [-0.2, -0.15) is 0 Å². The van der Waals surface area contributed by atoms with Crippen LogP contribution in [0.2, 0.25) is 0 Å². The molecule has 1 aliphatic heterocycles. The first-order valence-corrected chi connectivity index (χ1v) is 5.93. The van der Waals surface area contributed by atoms with Crippen molar-refractivity contribution in [2.24, 2.45) is 0 Å². The molecule has 1 aromatic carbocycles. The normalized spacial score (nSPS) is 24.2. The van der Waals surface area contributed by atoms with E-state index in [0.29, 0.717) is 6.54 Å². The quantitative estimate of drug-likeness (QED) is 0.797. The molecule has 0 bridgehead atoms. The van der Waals surface area contributed by atoms with Crippen LogP contribution < -0.4 is 10.1 Å². The van der Waals surface area contributed by atoms with Gasteiger partial charge in [-0.25, -0.2) is 0 Å². The predicted octanol–water partition coefficient (Wildman–Crippen LogP) is 0.460. The summed E-state index contributed by atoms with van der Waals surface area (Å²) < 4.78 is 5.33. The molecular weight excluding hydrogens is 216 g/mol. The highest BCUT2D eigenvalue weighted by Gasteiger charge is 2.28. The number of hydrogen-bond donors (Lipinski definition) is 2. The van der Waals surface area contributed by atoms with E-state index in [0.717, 1.165) is 24.4 Å². The lowest BCUT2D eigenvalue weighted by Crippen LogP contribution is -2.40. The van der Waals surface area contributed by atoms with Gasteiger partial charge in [0.15, 0.2) is 0 Å². The minimum absolute atomic E-state index is 0.180. The van der Waals surface area contributed by atoms with Gasteiger partial charge < -0.3 is 15.2 Å². The van der Waals surface area contributed by atoms with Crippen LogP contribution >= 0.6 is 0 Å². The summed E-state index contributed by atoms with van der Waals surface area (Å²) >= 11 is 0. The van der Waals surface area contributed by atoms with Crippen molar-refractivity contribution in [2.45, 2.75) is 18.7 Å². The molecule has 0 spiro atoms. The smallest absolute Gasteiger partial charge is 0.123 e. The van der Waals surface area contributed by atoms with Crippen molar-refractivity contribution in [3.05, 3.63) is 29.8 Å². The zero-order valence-electron chi connectivity index (χ0n) is 10.4. The molecule has 2 N–H and O–H groups in total. The number of ether oxygens (including phenoxy) is 1. The zero-order chi connectivity index (χ0) is 12.3. The van der Waals surface area contributed by atoms with Gasteiger partial charge in [0.05, 0.1) is 13.2 Å². The average molecular weight is 236 g/mol. The molecular formula is C13H20N2O2. The van der Waals surface area contributed by atoms with Gasteiger partial charge in [-0.15, -0.1) is 0 Å². The predicted molar refractivity (Wildman–Crippen MR) is 67.1 cm³/mol. The Bertz CT molecular complexity index is 370. The molecule has 0 unspecified atom stereocenters. The van der Waals surface area contributed by atoms with Crippen LogP contribution in [-0.4, -0.2) is 49.4 Å². The highest BCUT2D eigenvalue weighted by atomic mass is 16.5. The summed E-state index contributed by atoms with van der Waals surface area (Å²) in [6, 6.07) is 8.18. The molecule has 2 atom stereocenters. The number of nitrogens with zero attached hydrogens (tertiary/aromatic N) is 1. The zero-order valence-corrected chi connectivity index (χ0v) is 10.4. The highest BCUT2D eigenvalue weighted by Crippen LogP contribution is 2.20. The molecule has 1 aliphatic rings. The number of benzene rings is 1. The van der Waals surface area contributed by atoms with Crippen molar-refractivity contribution in [2.75, 3.05) is 27.2 Å². The Kier molecular flexibility index (Phi) is 3.99. The topological polar surface area (TPSA) is 44.7 Å². The van der Waals surface area contributed by atoms with Crippen molar-refractivity contribution < 1.29 is 9.84 Å². The minimum atomic E-state index is -0.283. The van der Waals surface area contributed by atoms with E-state index in [1.54, 1.807) is 7.11 Å². The molecule has 1 saturated heterocycles. The number of nitrogens with one attached hydrogen (secondary N) is 1. The van der Waals surface area contributed by atoms with Crippen molar-refractivity contribution in [1.29, 1.82) is 0 Å². The fourth-order valence-corrected chi connectivity index (χ4v) is 2.32. The molecule has 2 rings (SSSR count). The van der Waals surface area contributed by atoms with Crippen LogP contribution in [0.4, 0.5) is 0 Å². The Morgan fingerprint density at radius 2 is 2.18 bits per heavy atom. The molecule has 0 saturated carbocycles. The molecule has 4 heteroatoms. The van der Waals surface area contributed by atoms with Crippen molar-refractivity contribution in [1.82, 2.24) is 10.2 Å². The maximum absolute atomic E-state index is 9.83. The number of likely N-dealkylation sites (N-methyl/N-ethyl adjacent to an activating group) is 1. The van der Waals surface area contributed by atoms with Crippen LogP contribution in [0, 0.1) is 0 Å². The van der Waals surface area contributed by atoms with E-state index in [9.17, 15) is 5.11 Å². The Balaban J connectivity index is 2.04. The van der Waals surface area contributed by atoms with E-state index in [1.807, 2.05) is 25.2 Å². The Hall–Kier alpha value is -1.10. The molecule has 1 aromatic rings. The van der Waals surface area contributed by atoms with Crippen LogP contribution in [-0.2, 0) is 6.54 Å². The lowest BCUT2D eigenvalue weighted by molar-refractivity contribution is 0.0950. The fourth-order valence-electron chi connectivity index (χ4n) is 2.32. The van der Waals surface area contributed by atoms with E-state index in [4.69, 9.17) is 4.74 Å². The van der Waals surface area contributed by atoms with Gasteiger partial charge in [-0.1, -0.05) is 18.2 Å². The second-order valence-electron chi connectivity index (χ2n) is 4.52. The summed E-state index contributed by atoms with van der Waals surface area (Å²) in [5.41, 5.74) is 1.15. The van der Waals surface area contributed by atoms with Gasteiger partial charge in [-0.05, 0) is 13.1 Å². The lowest BCUT2D eigenvalue weighted by atomic mass is 10.1. The number of aliphatic hydroxyl groups is 1. The molecule has 0 radical (unpaired) electrons. The van der Waals surface area contributed by atoms with E-state index >= 15 is 0 Å². The number of methoxy groups -OCH3 is 1. The number of para-hydroxylation sites is 1. The third-order valence-corrected chi connectivity index (χ3v) is 3.33. The van der Waals surface area contributed by atoms with E-state index < -0.39 is 0 Å². The largest absolute Gasteiger partial charge is 0.496 e. The number of aliphatic hydroxyl groups excluding tert-OH is 1. The lowest BCUT2D eigenvalue weighted by Gasteiger charge is -2.26. The fraction of sp³-hybridized carbons (Fsp3) is 0.538. The first-order chi connectivity index (χ1) is 8.22. The standard InChI is InChI=1S/C13H20N2O2/c1-15(11-7-14-8-12(11)16)9-10-5-3-4-6-13(10)17-2/h3-6,11-12,14,16H,7-9H2,1-2H3/t11-,12-/m0/s1. The summed E-state index contributed by atoms with van der Waals surface area (Å²) in [6.07, 6.45) is -0.283. The molecule has 94 valence electrons. The van der Waals surface area contributed by atoms with Gasteiger partial charge in [-0.3, -0.25) is 4.90 Å². The third kappa shape index (κ3) is 2.77. The maximum atomic E-state index is 9.83. The summed E-state index contributed by atoms with van der Waals surface area (Å²) in [6.45, 7) is 2.31. The highest BCUT2D eigenvalue weighted by molar-refractivity contribution is 5.33. The summed E-state index contributed by atoms with van der Waals surface area (Å²) in [4.78, 5) is 2.17. The number of rotatable bonds is 4. The van der Waals surface area contributed by atoms with Crippen molar-refractivity contribution in [3.8, 4) is 5.75 Å². The SMILES string of the molecule is COc1ccccc1CN(C)[C@H]1CNC[C@@H]1O. The summed E-state index contributed by atoms with van der Waals surface area (Å²) in [5.74, 6) is 0.903. The maximum Gasteiger partial charge on any atom is 0.123 e. The summed E-state index contributed by atoms with van der Waals surface area (Å²) in [5, 5.41) is 13.0. The summed E-state index contributed by atoms with van der Waals surface area (Å²) in [7, 11) is 3.72. The van der Waals surface area contributed by atoms with Crippen molar-refractivity contribution >= 4 is 0 Å². The van der Waals surface area contributed by atoms with Crippen LogP contribution in [0.3, 0.4) is 0 Å². The molecule has 4 nitrogen and oxygen atoms in total. The van der Waals surface area contributed by atoms with Gasteiger partial charge in [0.2, 0.25) is 0 Å². The monoisotopic (exact) mass is 236 g/mol. The van der Waals surface area contributed by atoms with Crippen LogP contribution in [0.5, 0.6) is 5.75 Å². The van der Waals surface area contributed by atoms with Gasteiger partial charge in [0.25, 0.3) is 0 Å². The number of hydrogen-bond acceptors (Lipinski definition) is 4. The first kappa shape index (κ1) is 12.4. The van der Waals surface area contributed by atoms with E-state index in [1.165, 1.54) is 0 Å². The molecule has 0 amide bonds. The number of β-amino-alcohol motifs (C(OH)–C–C–N with tert-alkyl or cyclic N) is 1. The second-order valence-corrected chi connectivity index (χ2v) is 4.52. The van der Waals surface area contributed by atoms with Crippen LogP contribution in [0.25, 0.3) is 0 Å². The van der Waals surface area contributed by atoms with Crippen LogP contribution in [0.1, 0.15) is 5.56 Å².